The van der Waals surface area contributed by atoms with E-state index in [4.69, 9.17) is 13.9 Å². The van der Waals surface area contributed by atoms with Crippen LogP contribution in [-0.4, -0.2) is 71.3 Å². The molecule has 0 unspecified atom stereocenters. The van der Waals surface area contributed by atoms with Crippen LogP contribution in [0.1, 0.15) is 59.0 Å². The van der Waals surface area contributed by atoms with Gasteiger partial charge in [-0.3, -0.25) is 14.4 Å². The predicted molar refractivity (Wildman–Crippen MR) is 148 cm³/mol. The quantitative estimate of drug-likeness (QED) is 0.511. The first kappa shape index (κ1) is 27.0. The van der Waals surface area contributed by atoms with E-state index in [-0.39, 0.29) is 49.3 Å². The van der Waals surface area contributed by atoms with E-state index in [2.05, 4.69) is 10.3 Å². The zero-order valence-electron chi connectivity index (χ0n) is 23.1. The molecule has 0 spiro atoms. The van der Waals surface area contributed by atoms with Crippen molar-refractivity contribution in [3.05, 3.63) is 77.5 Å². The molecule has 3 aliphatic rings. The van der Waals surface area contributed by atoms with E-state index < -0.39 is 6.04 Å². The molecule has 3 amide bonds. The Morgan fingerprint density at radius 2 is 1.76 bits per heavy atom. The van der Waals surface area contributed by atoms with Crippen LogP contribution in [0.25, 0.3) is 0 Å². The summed E-state index contributed by atoms with van der Waals surface area (Å²) in [6, 6.07) is 14.9. The fraction of sp³-hybridized carbons (Fsp3) is 0.419. The molecule has 10 nitrogen and oxygen atoms in total. The minimum atomic E-state index is -0.460. The second-order valence-electron chi connectivity index (χ2n) is 11.0. The Hall–Kier alpha value is -4.18. The number of benzene rings is 2. The lowest BCUT2D eigenvalue weighted by atomic mass is 10.0. The smallest absolute Gasteiger partial charge is 0.276 e. The minimum Gasteiger partial charge on any atom is -0.457 e. The summed E-state index contributed by atoms with van der Waals surface area (Å²) < 4.78 is 18.0. The molecule has 0 radical (unpaired) electrons. The molecule has 4 bridgehead atoms. The first-order valence-corrected chi connectivity index (χ1v) is 14.2. The second kappa shape index (κ2) is 11.7. The lowest BCUT2D eigenvalue weighted by Crippen LogP contribution is -2.58. The van der Waals surface area contributed by atoms with Crippen molar-refractivity contribution in [2.75, 3.05) is 26.7 Å². The average Bonchev–Trinajstić information content (AvgIpc) is 3.70. The summed E-state index contributed by atoms with van der Waals surface area (Å²) >= 11 is 0. The standard InChI is InChI=1S/C31H34N4O6/c1-34-17-27(36)33-25-16-35(31(38)29-30(22-9-10-22)40-19-32-29)13-12-26(25)39-18-21-5-3-7-24(15-21)41-23-6-2-4-20(14-23)8-11-28(34)37/h2-7,14-15,19,22,25-26H,8-13,16-18H2,1H3,(H,33,36)/t25-,26+/m0/s1. The van der Waals surface area contributed by atoms with Crippen molar-refractivity contribution in [1.82, 2.24) is 20.1 Å². The van der Waals surface area contributed by atoms with Crippen LogP contribution in [0.15, 0.2) is 59.3 Å². The Kier molecular flexibility index (Phi) is 7.74. The molecule has 10 heteroatoms. The van der Waals surface area contributed by atoms with Crippen LogP contribution in [-0.2, 0) is 27.4 Å². The summed E-state index contributed by atoms with van der Waals surface area (Å²) in [5.74, 6) is 1.65. The highest BCUT2D eigenvalue weighted by Gasteiger charge is 2.38. The van der Waals surface area contributed by atoms with Crippen LogP contribution in [0.4, 0.5) is 0 Å². The number of amides is 3. The number of ether oxygens (including phenoxy) is 2. The summed E-state index contributed by atoms with van der Waals surface area (Å²) in [7, 11) is 1.63. The summed E-state index contributed by atoms with van der Waals surface area (Å²) in [4.78, 5) is 46.7. The van der Waals surface area contributed by atoms with Crippen molar-refractivity contribution in [3.8, 4) is 11.5 Å². The molecule has 1 N–H and O–H groups in total. The lowest BCUT2D eigenvalue weighted by Gasteiger charge is -2.38. The third-order valence-corrected chi connectivity index (χ3v) is 7.86. The molecule has 1 aliphatic carbocycles. The molecule has 1 aromatic heterocycles. The lowest BCUT2D eigenvalue weighted by molar-refractivity contribution is -0.135. The molecule has 1 saturated carbocycles. The Balaban J connectivity index is 1.22. The van der Waals surface area contributed by atoms with Gasteiger partial charge < -0.3 is 29.0 Å². The van der Waals surface area contributed by atoms with E-state index in [0.29, 0.717) is 48.9 Å². The first-order valence-electron chi connectivity index (χ1n) is 14.2. The molecular weight excluding hydrogens is 524 g/mol. The number of carbonyl (C=O) groups excluding carboxylic acids is 3. The number of aryl methyl sites for hydroxylation is 1. The molecule has 2 aromatic carbocycles. The average molecular weight is 559 g/mol. The van der Waals surface area contributed by atoms with Gasteiger partial charge in [-0.25, -0.2) is 4.98 Å². The van der Waals surface area contributed by atoms with Gasteiger partial charge in [-0.2, -0.15) is 0 Å². The van der Waals surface area contributed by atoms with Crippen LogP contribution >= 0.6 is 0 Å². The highest BCUT2D eigenvalue weighted by atomic mass is 16.5. The van der Waals surface area contributed by atoms with Crippen LogP contribution in [0.3, 0.4) is 0 Å². The number of nitrogens with zero attached hydrogens (tertiary/aromatic N) is 3. The molecule has 3 heterocycles. The highest BCUT2D eigenvalue weighted by molar-refractivity contribution is 5.93. The molecule has 2 atom stereocenters. The number of aromatic nitrogens is 1. The van der Waals surface area contributed by atoms with Crippen LogP contribution in [0.5, 0.6) is 11.5 Å². The molecule has 214 valence electrons. The van der Waals surface area contributed by atoms with Gasteiger partial charge in [-0.05, 0) is 61.1 Å². The van der Waals surface area contributed by atoms with Gasteiger partial charge in [0.25, 0.3) is 5.91 Å². The van der Waals surface area contributed by atoms with Crippen molar-refractivity contribution in [1.29, 1.82) is 0 Å². The van der Waals surface area contributed by atoms with Gasteiger partial charge in [0.15, 0.2) is 12.1 Å². The maximum absolute atomic E-state index is 13.4. The van der Waals surface area contributed by atoms with E-state index in [1.54, 1.807) is 11.9 Å². The fourth-order valence-corrected chi connectivity index (χ4v) is 5.45. The minimum absolute atomic E-state index is 0.0870. The van der Waals surface area contributed by atoms with Gasteiger partial charge in [0.2, 0.25) is 11.8 Å². The summed E-state index contributed by atoms with van der Waals surface area (Å²) in [6.07, 6.45) is 4.32. The van der Waals surface area contributed by atoms with Gasteiger partial charge in [0.1, 0.15) is 17.3 Å². The molecule has 2 aliphatic heterocycles. The zero-order valence-corrected chi connectivity index (χ0v) is 23.1. The van der Waals surface area contributed by atoms with Gasteiger partial charge in [-0.1, -0.05) is 24.3 Å². The van der Waals surface area contributed by atoms with Crippen molar-refractivity contribution in [3.63, 3.8) is 0 Å². The first-order chi connectivity index (χ1) is 19.9. The molecule has 6 rings (SSSR count). The van der Waals surface area contributed by atoms with E-state index in [9.17, 15) is 14.4 Å². The number of carbonyl (C=O) groups is 3. The van der Waals surface area contributed by atoms with Gasteiger partial charge in [0.05, 0.1) is 25.3 Å². The highest BCUT2D eigenvalue weighted by Crippen LogP contribution is 2.41. The van der Waals surface area contributed by atoms with Crippen LogP contribution in [0.2, 0.25) is 0 Å². The molecule has 2 fully saturated rings. The number of fused-ring (bicyclic) bond motifs is 5. The van der Waals surface area contributed by atoms with Crippen molar-refractivity contribution < 1.29 is 28.3 Å². The maximum atomic E-state index is 13.4. The molecule has 1 saturated heterocycles. The van der Waals surface area contributed by atoms with Gasteiger partial charge >= 0.3 is 0 Å². The topological polar surface area (TPSA) is 114 Å². The van der Waals surface area contributed by atoms with E-state index in [0.717, 1.165) is 24.0 Å². The van der Waals surface area contributed by atoms with E-state index in [1.165, 1.54) is 11.3 Å². The summed E-state index contributed by atoms with van der Waals surface area (Å²) in [5.41, 5.74) is 2.26. The number of piperidine rings is 1. The number of nitrogens with one attached hydrogen (secondary N) is 1. The number of hydrogen-bond donors (Lipinski definition) is 1. The van der Waals surface area contributed by atoms with Crippen molar-refractivity contribution >= 4 is 17.7 Å². The number of likely N-dealkylation sites (tertiary alicyclic amines) is 1. The normalized spacial score (nSPS) is 22.2. The third kappa shape index (κ3) is 6.43. The SMILES string of the molecule is CN1CC(=O)N[C@H]2CN(C(=O)c3ncoc3C3CC3)CC[C@H]2OCc2cccc(c2)Oc2cccc(c2)CCC1=O. The Labute approximate surface area is 238 Å². The number of hydrogen-bond acceptors (Lipinski definition) is 7. The number of rotatable bonds is 2. The molecule has 41 heavy (non-hydrogen) atoms. The Morgan fingerprint density at radius 3 is 2.54 bits per heavy atom. The monoisotopic (exact) mass is 558 g/mol. The number of likely N-dealkylation sites (N-methyl/N-ethyl adjacent to an activating group) is 1. The second-order valence-corrected chi connectivity index (χ2v) is 11.0. The third-order valence-electron chi connectivity index (χ3n) is 7.86. The van der Waals surface area contributed by atoms with Gasteiger partial charge in [0, 0.05) is 32.5 Å². The van der Waals surface area contributed by atoms with E-state index >= 15 is 0 Å². The maximum Gasteiger partial charge on any atom is 0.276 e. The Bertz CT molecular complexity index is 1430. The van der Waals surface area contributed by atoms with E-state index in [1.807, 2.05) is 48.5 Å². The van der Waals surface area contributed by atoms with Crippen LogP contribution < -0.4 is 10.1 Å². The van der Waals surface area contributed by atoms with Crippen molar-refractivity contribution in [2.45, 2.75) is 56.8 Å². The van der Waals surface area contributed by atoms with Crippen LogP contribution in [0, 0.1) is 0 Å². The summed E-state index contributed by atoms with van der Waals surface area (Å²) in [5, 5.41) is 3.05. The molecule has 3 aromatic rings. The molecular formula is C31H34N4O6. The van der Waals surface area contributed by atoms with Crippen molar-refractivity contribution in [2.24, 2.45) is 0 Å². The predicted octanol–water partition coefficient (Wildman–Crippen LogP) is 3.67. The largest absolute Gasteiger partial charge is 0.457 e. The number of oxazole rings is 1. The zero-order chi connectivity index (χ0) is 28.3. The van der Waals surface area contributed by atoms with Gasteiger partial charge in [-0.15, -0.1) is 0 Å². The summed E-state index contributed by atoms with van der Waals surface area (Å²) in [6.45, 7) is 0.957. The Morgan fingerprint density at radius 1 is 1.00 bits per heavy atom. The fourth-order valence-electron chi connectivity index (χ4n) is 5.45.